The molecule has 0 spiro atoms. The van der Waals surface area contributed by atoms with Crippen LogP contribution in [0.3, 0.4) is 0 Å². The third-order valence-corrected chi connectivity index (χ3v) is 5.64. The molecule has 156 valence electrons. The Morgan fingerprint density at radius 2 is 1.93 bits per heavy atom. The van der Waals surface area contributed by atoms with Gasteiger partial charge in [-0.1, -0.05) is 33.8 Å². The largest absolute Gasteiger partial charge is 0.497 e. The Bertz CT molecular complexity index is 1040. The van der Waals surface area contributed by atoms with Gasteiger partial charge >= 0.3 is 0 Å². The molecule has 0 bridgehead atoms. The zero-order valence-corrected chi connectivity index (χ0v) is 18.8. The van der Waals surface area contributed by atoms with E-state index in [9.17, 15) is 9.59 Å². The number of nitrogens with one attached hydrogen (secondary N) is 2. The Kier molecular flexibility index (Phi) is 7.47. The molecule has 0 saturated carbocycles. The Morgan fingerprint density at radius 3 is 2.63 bits per heavy atom. The van der Waals surface area contributed by atoms with Gasteiger partial charge in [0.25, 0.3) is 5.91 Å². The standard InChI is InChI=1S/C20H20BrN5O3S/c1-26-17(11-22-19(28)13-6-8-16(29-2)9-7-13)24-25-20(26)30-12-18(27)23-15-5-3-4-14(21)10-15/h3-10H,11-12H2,1-2H3,(H,22,28)(H,23,27). The lowest BCUT2D eigenvalue weighted by Gasteiger charge is -2.07. The van der Waals surface area contributed by atoms with Gasteiger partial charge in [-0.25, -0.2) is 0 Å². The number of ether oxygens (including phenoxy) is 1. The number of anilines is 1. The highest BCUT2D eigenvalue weighted by molar-refractivity contribution is 9.10. The summed E-state index contributed by atoms with van der Waals surface area (Å²) in [5, 5.41) is 14.4. The maximum Gasteiger partial charge on any atom is 0.251 e. The van der Waals surface area contributed by atoms with Crippen LogP contribution in [0.1, 0.15) is 16.2 Å². The summed E-state index contributed by atoms with van der Waals surface area (Å²) in [7, 11) is 3.37. The van der Waals surface area contributed by atoms with Crippen molar-refractivity contribution in [3.8, 4) is 5.75 Å². The first-order chi connectivity index (χ1) is 14.5. The number of amides is 2. The highest BCUT2D eigenvalue weighted by Gasteiger charge is 2.13. The van der Waals surface area contributed by atoms with Gasteiger partial charge in [0.1, 0.15) is 5.75 Å². The van der Waals surface area contributed by atoms with E-state index in [-0.39, 0.29) is 24.1 Å². The maximum absolute atomic E-state index is 12.3. The second-order valence-corrected chi connectivity index (χ2v) is 8.07. The Hall–Kier alpha value is -2.85. The van der Waals surface area contributed by atoms with Crippen LogP contribution in [-0.2, 0) is 18.4 Å². The van der Waals surface area contributed by atoms with E-state index in [1.54, 1.807) is 43.0 Å². The minimum absolute atomic E-state index is 0.143. The van der Waals surface area contributed by atoms with Gasteiger partial charge in [0.2, 0.25) is 5.91 Å². The number of benzene rings is 2. The normalized spacial score (nSPS) is 10.5. The Morgan fingerprint density at radius 1 is 1.17 bits per heavy atom. The van der Waals surface area contributed by atoms with Crippen molar-refractivity contribution in [1.29, 1.82) is 0 Å². The van der Waals surface area contributed by atoms with Crippen LogP contribution in [0.4, 0.5) is 5.69 Å². The zero-order chi connectivity index (χ0) is 21.5. The third-order valence-electron chi connectivity index (χ3n) is 4.13. The molecule has 30 heavy (non-hydrogen) atoms. The second kappa shape index (κ2) is 10.3. The molecular formula is C20H20BrN5O3S. The number of methoxy groups -OCH3 is 1. The predicted octanol–water partition coefficient (Wildman–Crippen LogP) is 3.25. The summed E-state index contributed by atoms with van der Waals surface area (Å²) in [6, 6.07) is 14.2. The molecule has 0 atom stereocenters. The van der Waals surface area contributed by atoms with Crippen LogP contribution < -0.4 is 15.4 Å². The molecule has 3 aromatic rings. The van der Waals surface area contributed by atoms with Crippen LogP contribution in [0.5, 0.6) is 5.75 Å². The summed E-state index contributed by atoms with van der Waals surface area (Å²) in [6.07, 6.45) is 0. The number of rotatable bonds is 8. The zero-order valence-electron chi connectivity index (χ0n) is 16.4. The number of halogens is 1. The highest BCUT2D eigenvalue weighted by atomic mass is 79.9. The number of thioether (sulfide) groups is 1. The van der Waals surface area contributed by atoms with Crippen LogP contribution in [0.25, 0.3) is 0 Å². The molecule has 0 unspecified atom stereocenters. The van der Waals surface area contributed by atoms with E-state index in [0.29, 0.717) is 22.3 Å². The number of carbonyl (C=O) groups excluding carboxylic acids is 2. The molecule has 0 saturated heterocycles. The van der Waals surface area contributed by atoms with E-state index < -0.39 is 0 Å². The molecule has 2 amide bonds. The lowest BCUT2D eigenvalue weighted by molar-refractivity contribution is -0.113. The van der Waals surface area contributed by atoms with Crippen molar-refractivity contribution in [1.82, 2.24) is 20.1 Å². The van der Waals surface area contributed by atoms with Gasteiger partial charge in [-0.3, -0.25) is 9.59 Å². The summed E-state index contributed by atoms with van der Waals surface area (Å²) in [6.45, 7) is 0.221. The monoisotopic (exact) mass is 489 g/mol. The van der Waals surface area contributed by atoms with Crippen molar-refractivity contribution in [2.45, 2.75) is 11.7 Å². The van der Waals surface area contributed by atoms with Gasteiger partial charge in [0.15, 0.2) is 11.0 Å². The maximum atomic E-state index is 12.3. The molecule has 1 heterocycles. The Labute approximate surface area is 186 Å². The van der Waals surface area contributed by atoms with Crippen LogP contribution >= 0.6 is 27.7 Å². The summed E-state index contributed by atoms with van der Waals surface area (Å²) in [4.78, 5) is 24.4. The highest BCUT2D eigenvalue weighted by Crippen LogP contribution is 2.18. The van der Waals surface area contributed by atoms with E-state index in [1.807, 2.05) is 24.3 Å². The van der Waals surface area contributed by atoms with E-state index in [0.717, 1.165) is 10.2 Å². The predicted molar refractivity (Wildman–Crippen MR) is 119 cm³/mol. The minimum Gasteiger partial charge on any atom is -0.497 e. The lowest BCUT2D eigenvalue weighted by Crippen LogP contribution is -2.24. The topological polar surface area (TPSA) is 98.1 Å². The molecule has 3 rings (SSSR count). The summed E-state index contributed by atoms with van der Waals surface area (Å²) in [5.74, 6) is 1.10. The first-order valence-electron chi connectivity index (χ1n) is 8.95. The van der Waals surface area contributed by atoms with Gasteiger partial charge in [-0.05, 0) is 42.5 Å². The van der Waals surface area contributed by atoms with Crippen molar-refractivity contribution >= 4 is 45.2 Å². The molecule has 0 radical (unpaired) electrons. The van der Waals surface area contributed by atoms with Crippen molar-refractivity contribution in [3.05, 3.63) is 64.4 Å². The smallest absolute Gasteiger partial charge is 0.251 e. The number of hydrogen-bond donors (Lipinski definition) is 2. The van der Waals surface area contributed by atoms with Crippen LogP contribution in [0.15, 0.2) is 58.2 Å². The molecule has 0 aliphatic rings. The number of nitrogens with zero attached hydrogens (tertiary/aromatic N) is 3. The van der Waals surface area contributed by atoms with Gasteiger partial charge in [-0.15, -0.1) is 10.2 Å². The second-order valence-electron chi connectivity index (χ2n) is 6.22. The van der Waals surface area contributed by atoms with Crippen LogP contribution in [-0.4, -0.2) is 39.4 Å². The fourth-order valence-corrected chi connectivity index (χ4v) is 3.65. The SMILES string of the molecule is COc1ccc(C(=O)NCc2nnc(SCC(=O)Nc3cccc(Br)c3)n2C)cc1. The van der Waals surface area contributed by atoms with E-state index in [1.165, 1.54) is 11.8 Å². The quantitative estimate of drug-likeness (QED) is 0.471. The van der Waals surface area contributed by atoms with E-state index >= 15 is 0 Å². The molecule has 0 aliphatic heterocycles. The van der Waals surface area contributed by atoms with Gasteiger partial charge in [0, 0.05) is 22.8 Å². The van der Waals surface area contributed by atoms with Crippen molar-refractivity contribution in [3.63, 3.8) is 0 Å². The van der Waals surface area contributed by atoms with Gasteiger partial charge in [0.05, 0.1) is 19.4 Å². The number of carbonyl (C=O) groups is 2. The van der Waals surface area contributed by atoms with E-state index in [2.05, 4.69) is 36.8 Å². The average molecular weight is 490 g/mol. The molecule has 0 aliphatic carbocycles. The van der Waals surface area contributed by atoms with Gasteiger partial charge < -0.3 is 19.9 Å². The van der Waals surface area contributed by atoms with Crippen molar-refractivity contribution in [2.75, 3.05) is 18.2 Å². The van der Waals surface area contributed by atoms with Crippen LogP contribution in [0.2, 0.25) is 0 Å². The molecule has 8 nitrogen and oxygen atoms in total. The average Bonchev–Trinajstić information content (AvgIpc) is 3.10. The first-order valence-corrected chi connectivity index (χ1v) is 10.7. The minimum atomic E-state index is -0.219. The molecular weight excluding hydrogens is 470 g/mol. The van der Waals surface area contributed by atoms with E-state index in [4.69, 9.17) is 4.74 Å². The molecule has 0 fully saturated rings. The van der Waals surface area contributed by atoms with Crippen LogP contribution in [0, 0.1) is 0 Å². The number of aromatic nitrogens is 3. The summed E-state index contributed by atoms with van der Waals surface area (Å²) >= 11 is 4.65. The summed E-state index contributed by atoms with van der Waals surface area (Å²) in [5.41, 5.74) is 1.24. The molecule has 10 heteroatoms. The molecule has 2 N–H and O–H groups in total. The lowest BCUT2D eigenvalue weighted by atomic mass is 10.2. The number of hydrogen-bond acceptors (Lipinski definition) is 6. The molecule has 2 aromatic carbocycles. The Balaban J connectivity index is 1.51. The third kappa shape index (κ3) is 5.83. The van der Waals surface area contributed by atoms with Gasteiger partial charge in [-0.2, -0.15) is 0 Å². The first kappa shape index (κ1) is 21.8. The van der Waals surface area contributed by atoms with Crippen molar-refractivity contribution < 1.29 is 14.3 Å². The fraction of sp³-hybridized carbons (Fsp3) is 0.200. The van der Waals surface area contributed by atoms with Crippen molar-refractivity contribution in [2.24, 2.45) is 7.05 Å². The molecule has 1 aromatic heterocycles. The summed E-state index contributed by atoms with van der Waals surface area (Å²) < 4.78 is 7.74. The fourth-order valence-electron chi connectivity index (χ4n) is 2.52.